The minimum Gasteiger partial charge on any atom is -0.550 e. The number of carboxylic acid groups (broad SMARTS) is 1. The third-order valence-corrected chi connectivity index (χ3v) is 2.73. The van der Waals surface area contributed by atoms with Gasteiger partial charge in [0.1, 0.15) is 11.2 Å². The Balaban J connectivity index is 0.00000529. The predicted octanol–water partition coefficient (Wildman–Crippen LogP) is -2.55. The number of nitro benzene ring substituents is 1. The standard InChI is InChI=1S/C12H11F3N2O6.Rb/c1-11(21,5-9(18)19)10(20)16-6-2-3-8(17(22)23)7(4-6)12(13,14)15;/h2-4,21H,5H2,1H3,(H,16,20)(H,18,19);/q;+1/p-1. The summed E-state index contributed by atoms with van der Waals surface area (Å²) >= 11 is 0. The Morgan fingerprint density at radius 1 is 1.33 bits per heavy atom. The normalized spacial score (nSPS) is 13.4. The molecule has 0 spiro atoms. The summed E-state index contributed by atoms with van der Waals surface area (Å²) in [7, 11) is 0. The molecule has 0 saturated heterocycles. The van der Waals surface area contributed by atoms with E-state index < -0.39 is 51.9 Å². The molecule has 8 nitrogen and oxygen atoms in total. The van der Waals surface area contributed by atoms with Crippen molar-refractivity contribution in [2.24, 2.45) is 0 Å². The Morgan fingerprint density at radius 2 is 1.88 bits per heavy atom. The molecule has 24 heavy (non-hydrogen) atoms. The van der Waals surface area contributed by atoms with Gasteiger partial charge in [-0.2, -0.15) is 13.2 Å². The minimum atomic E-state index is -5.04. The molecule has 1 rings (SSSR count). The van der Waals surface area contributed by atoms with Crippen LogP contribution in [-0.4, -0.2) is 27.5 Å². The number of carbonyl (C=O) groups excluding carboxylic acids is 2. The molecule has 0 heterocycles. The number of anilines is 1. The number of hydrogen-bond acceptors (Lipinski definition) is 6. The van der Waals surface area contributed by atoms with Crippen LogP contribution in [0.3, 0.4) is 0 Å². The van der Waals surface area contributed by atoms with Crippen LogP contribution in [-0.2, 0) is 15.8 Å². The van der Waals surface area contributed by atoms with E-state index in [9.17, 15) is 43.1 Å². The predicted molar refractivity (Wildman–Crippen MR) is 67.0 cm³/mol. The molecule has 0 aromatic heterocycles. The Morgan fingerprint density at radius 3 is 2.29 bits per heavy atom. The maximum atomic E-state index is 12.8. The molecule has 0 radical (unpaired) electrons. The Kier molecular flexibility index (Phi) is 8.16. The van der Waals surface area contributed by atoms with Gasteiger partial charge in [-0.05, 0) is 19.1 Å². The monoisotopic (exact) mass is 420 g/mol. The van der Waals surface area contributed by atoms with E-state index in [1.54, 1.807) is 0 Å². The number of aliphatic carboxylic acids is 1. The number of carboxylic acids is 1. The van der Waals surface area contributed by atoms with Gasteiger partial charge in [0.05, 0.1) is 4.92 Å². The number of amides is 1. The number of hydrogen-bond donors (Lipinski definition) is 2. The first-order chi connectivity index (χ1) is 10.3. The molecule has 0 aliphatic heterocycles. The van der Waals surface area contributed by atoms with E-state index >= 15 is 0 Å². The number of benzene rings is 1. The number of rotatable bonds is 5. The fourth-order valence-corrected chi connectivity index (χ4v) is 1.63. The van der Waals surface area contributed by atoms with E-state index in [1.165, 1.54) is 0 Å². The maximum absolute atomic E-state index is 12.8. The number of carbonyl (C=O) groups is 2. The fourth-order valence-electron chi connectivity index (χ4n) is 1.63. The van der Waals surface area contributed by atoms with Crippen molar-refractivity contribution >= 4 is 23.3 Å². The SMILES string of the molecule is CC(O)(CC(=O)[O-])C(=O)Nc1ccc([N+](=O)[O-])c(C(F)(F)F)c1.[Rb+]. The van der Waals surface area contributed by atoms with Gasteiger partial charge < -0.3 is 20.3 Å². The summed E-state index contributed by atoms with van der Waals surface area (Å²) < 4.78 is 38.3. The van der Waals surface area contributed by atoms with E-state index in [4.69, 9.17) is 0 Å². The molecule has 1 amide bonds. The molecule has 126 valence electrons. The zero-order valence-corrected chi connectivity index (χ0v) is 17.4. The van der Waals surface area contributed by atoms with Gasteiger partial charge in [-0.1, -0.05) is 0 Å². The molecule has 2 N–H and O–H groups in total. The molecule has 0 saturated carbocycles. The molecule has 0 fully saturated rings. The van der Waals surface area contributed by atoms with Crippen LogP contribution in [0.1, 0.15) is 18.9 Å². The van der Waals surface area contributed by atoms with Crippen LogP contribution in [0.2, 0.25) is 0 Å². The number of aliphatic hydroxyl groups is 1. The third kappa shape index (κ3) is 6.20. The van der Waals surface area contributed by atoms with Gasteiger partial charge in [-0.15, -0.1) is 0 Å². The van der Waals surface area contributed by atoms with Crippen LogP contribution >= 0.6 is 0 Å². The summed E-state index contributed by atoms with van der Waals surface area (Å²) in [4.78, 5) is 31.4. The zero-order chi connectivity index (χ0) is 18.0. The molecule has 1 aromatic rings. The molecule has 1 unspecified atom stereocenters. The third-order valence-electron chi connectivity index (χ3n) is 2.73. The van der Waals surface area contributed by atoms with Crippen molar-refractivity contribution in [3.8, 4) is 0 Å². The first-order valence-corrected chi connectivity index (χ1v) is 5.94. The van der Waals surface area contributed by atoms with Crippen LogP contribution in [0.15, 0.2) is 18.2 Å². The smallest absolute Gasteiger partial charge is 0.550 e. The summed E-state index contributed by atoms with van der Waals surface area (Å²) in [5.41, 5.74) is -5.73. The first-order valence-electron chi connectivity index (χ1n) is 5.94. The van der Waals surface area contributed by atoms with E-state index in [0.717, 1.165) is 13.0 Å². The van der Waals surface area contributed by atoms with E-state index in [0.29, 0.717) is 12.1 Å². The van der Waals surface area contributed by atoms with Crippen LogP contribution < -0.4 is 68.6 Å². The summed E-state index contributed by atoms with van der Waals surface area (Å²) in [5, 5.41) is 32.5. The molecule has 0 bridgehead atoms. The number of alkyl halides is 3. The molecule has 12 heteroatoms. The van der Waals surface area contributed by atoms with Gasteiger partial charge in [0.2, 0.25) is 0 Å². The van der Waals surface area contributed by atoms with Gasteiger partial charge in [-0.25, -0.2) is 0 Å². The van der Waals surface area contributed by atoms with Gasteiger partial charge in [-0.3, -0.25) is 14.9 Å². The van der Waals surface area contributed by atoms with Crippen molar-refractivity contribution in [3.05, 3.63) is 33.9 Å². The Bertz CT molecular complexity index is 663. The van der Waals surface area contributed by atoms with Crippen LogP contribution in [0.4, 0.5) is 24.5 Å². The summed E-state index contributed by atoms with van der Waals surface area (Å²) in [6, 6.07) is 1.66. The van der Waals surface area contributed by atoms with Crippen LogP contribution in [0.5, 0.6) is 0 Å². The molecule has 1 atom stereocenters. The number of nitro groups is 1. The van der Waals surface area contributed by atoms with E-state index in [2.05, 4.69) is 0 Å². The average molecular weight is 421 g/mol. The fraction of sp³-hybridized carbons (Fsp3) is 0.333. The van der Waals surface area contributed by atoms with E-state index in [-0.39, 0.29) is 58.2 Å². The Hall–Kier alpha value is -0.885. The quantitative estimate of drug-likeness (QED) is 0.398. The summed E-state index contributed by atoms with van der Waals surface area (Å²) in [5.74, 6) is -3.05. The maximum Gasteiger partial charge on any atom is 1.00 e. The second-order valence-corrected chi connectivity index (χ2v) is 4.76. The zero-order valence-electron chi connectivity index (χ0n) is 12.5. The van der Waals surface area contributed by atoms with Gasteiger partial charge in [0.15, 0.2) is 0 Å². The average Bonchev–Trinajstić information content (AvgIpc) is 2.35. The van der Waals surface area contributed by atoms with Crippen molar-refractivity contribution in [1.29, 1.82) is 0 Å². The topological polar surface area (TPSA) is 133 Å². The summed E-state index contributed by atoms with van der Waals surface area (Å²) in [6.07, 6.45) is -6.13. The largest absolute Gasteiger partial charge is 1.00 e. The van der Waals surface area contributed by atoms with Gasteiger partial charge in [0, 0.05) is 24.1 Å². The van der Waals surface area contributed by atoms with Crippen molar-refractivity contribution in [3.63, 3.8) is 0 Å². The molecule has 0 aliphatic carbocycles. The van der Waals surface area contributed by atoms with Crippen molar-refractivity contribution in [1.82, 2.24) is 0 Å². The number of nitrogens with one attached hydrogen (secondary N) is 1. The second kappa shape index (κ2) is 8.47. The second-order valence-electron chi connectivity index (χ2n) is 4.76. The molecule has 1 aromatic carbocycles. The molecular weight excluding hydrogens is 411 g/mol. The van der Waals surface area contributed by atoms with E-state index in [1.807, 2.05) is 5.32 Å². The van der Waals surface area contributed by atoms with Gasteiger partial charge in [0.25, 0.3) is 11.6 Å². The minimum absolute atomic E-state index is 0. The Labute approximate surface area is 182 Å². The number of halogens is 3. The number of nitrogens with zero attached hydrogens (tertiary/aromatic N) is 1. The molecule has 0 aliphatic rings. The van der Waals surface area contributed by atoms with Crippen LogP contribution in [0.25, 0.3) is 0 Å². The molecular formula is C12H10F3N2O6Rb. The van der Waals surface area contributed by atoms with Crippen molar-refractivity contribution in [2.45, 2.75) is 25.1 Å². The first kappa shape index (κ1) is 23.1. The van der Waals surface area contributed by atoms with Crippen LogP contribution in [0, 0.1) is 10.1 Å². The van der Waals surface area contributed by atoms with Crippen molar-refractivity contribution < 1.29 is 96.1 Å². The van der Waals surface area contributed by atoms with Crippen molar-refractivity contribution in [2.75, 3.05) is 5.32 Å². The summed E-state index contributed by atoms with van der Waals surface area (Å²) in [6.45, 7) is 0.828. The van der Waals surface area contributed by atoms with Gasteiger partial charge >= 0.3 is 64.4 Å².